The lowest BCUT2D eigenvalue weighted by molar-refractivity contribution is 0.288. The van der Waals surface area contributed by atoms with Crippen molar-refractivity contribution in [3.63, 3.8) is 0 Å². The molecule has 0 fully saturated rings. The van der Waals surface area contributed by atoms with Crippen LogP contribution in [0, 0.1) is 0 Å². The van der Waals surface area contributed by atoms with Crippen molar-refractivity contribution in [3.8, 4) is 16.9 Å². The highest BCUT2D eigenvalue weighted by atomic mass is 16.6. The molecule has 3 nitrogen and oxygen atoms in total. The Kier molecular flexibility index (Phi) is 4.24. The molecule has 0 atom stereocenters. The highest BCUT2D eigenvalue weighted by Crippen LogP contribution is 2.56. The second-order valence-electron chi connectivity index (χ2n) is 7.18. The van der Waals surface area contributed by atoms with Gasteiger partial charge in [0.2, 0.25) is 0 Å². The average molecular weight is 378 g/mol. The van der Waals surface area contributed by atoms with Gasteiger partial charge < -0.3 is 14.7 Å². The van der Waals surface area contributed by atoms with E-state index in [4.69, 9.17) is 4.65 Å². The Hall–Kier alpha value is -3.34. The Morgan fingerprint density at radius 2 is 1.14 bits per heavy atom. The zero-order valence-corrected chi connectivity index (χ0v) is 15.7. The Bertz CT molecular complexity index is 1120. The van der Waals surface area contributed by atoms with Crippen LogP contribution < -0.4 is 4.65 Å². The van der Waals surface area contributed by atoms with Crippen LogP contribution in [0.5, 0.6) is 5.75 Å². The molecule has 2 N–H and O–H groups in total. The van der Waals surface area contributed by atoms with Gasteiger partial charge in [0.15, 0.2) is 0 Å². The average Bonchev–Trinajstić information content (AvgIpc) is 3.05. The first-order valence-electron chi connectivity index (χ1n) is 9.59. The molecule has 0 amide bonds. The van der Waals surface area contributed by atoms with Crippen LogP contribution in [0.25, 0.3) is 11.1 Å². The molecule has 1 aliphatic rings. The summed E-state index contributed by atoms with van der Waals surface area (Å²) < 4.78 is 5.15. The molecule has 0 spiro atoms. The first kappa shape index (κ1) is 17.7. The second-order valence-corrected chi connectivity index (χ2v) is 7.18. The van der Waals surface area contributed by atoms with E-state index in [0.29, 0.717) is 5.75 Å². The van der Waals surface area contributed by atoms with Gasteiger partial charge in [-0.15, -0.1) is 0 Å². The maximum atomic E-state index is 9.24. The van der Waals surface area contributed by atoms with Gasteiger partial charge in [-0.05, 0) is 45.5 Å². The van der Waals surface area contributed by atoms with Gasteiger partial charge in [-0.25, -0.2) is 0 Å². The van der Waals surface area contributed by atoms with E-state index in [1.54, 1.807) is 6.07 Å². The molecule has 1 aliphatic carbocycles. The Balaban J connectivity index is 1.88. The third-order valence-corrected chi connectivity index (χ3v) is 5.67. The van der Waals surface area contributed by atoms with Crippen LogP contribution in [-0.4, -0.2) is 17.4 Å². The maximum Gasteiger partial charge on any atom is 0.707 e. The van der Waals surface area contributed by atoms with E-state index in [0.717, 1.165) is 16.7 Å². The van der Waals surface area contributed by atoms with E-state index >= 15 is 0 Å². The highest BCUT2D eigenvalue weighted by Gasteiger charge is 2.45. The molecule has 0 unspecified atom stereocenters. The molecule has 5 rings (SSSR count). The van der Waals surface area contributed by atoms with Crippen molar-refractivity contribution in [2.24, 2.45) is 0 Å². The molecular weight excluding hydrogens is 359 g/mol. The molecule has 0 aliphatic heterocycles. The topological polar surface area (TPSA) is 49.7 Å². The molecule has 4 heteroatoms. The normalized spacial score (nSPS) is 13.4. The fourth-order valence-electron chi connectivity index (χ4n) is 4.62. The molecule has 0 aromatic heterocycles. The van der Waals surface area contributed by atoms with Crippen LogP contribution >= 0.6 is 0 Å². The minimum absolute atomic E-state index is 0.422. The Labute approximate surface area is 170 Å². The number of hydrogen-bond acceptors (Lipinski definition) is 3. The Morgan fingerprint density at radius 3 is 1.76 bits per heavy atom. The third-order valence-electron chi connectivity index (χ3n) is 5.67. The van der Waals surface area contributed by atoms with Gasteiger partial charge in [0, 0.05) is 0 Å². The van der Waals surface area contributed by atoms with Crippen molar-refractivity contribution >= 4 is 7.32 Å². The van der Waals surface area contributed by atoms with E-state index in [-0.39, 0.29) is 0 Å². The van der Waals surface area contributed by atoms with Crippen molar-refractivity contribution in [2.45, 2.75) is 5.41 Å². The van der Waals surface area contributed by atoms with Gasteiger partial charge in [0.25, 0.3) is 0 Å². The van der Waals surface area contributed by atoms with Crippen molar-refractivity contribution < 1.29 is 14.7 Å². The molecule has 0 radical (unpaired) electrons. The van der Waals surface area contributed by atoms with E-state index in [9.17, 15) is 10.0 Å². The van der Waals surface area contributed by atoms with Gasteiger partial charge in [-0.2, -0.15) is 0 Å². The highest BCUT2D eigenvalue weighted by molar-refractivity contribution is 6.33. The first-order valence-corrected chi connectivity index (χ1v) is 9.59. The zero-order chi connectivity index (χ0) is 19.8. The number of fused-ring (bicyclic) bond motifs is 3. The maximum absolute atomic E-state index is 9.24. The third kappa shape index (κ3) is 2.69. The fraction of sp³-hybridized carbons (Fsp3) is 0.0400. The van der Waals surface area contributed by atoms with Crippen LogP contribution in [-0.2, 0) is 5.41 Å². The molecule has 29 heavy (non-hydrogen) atoms. The first-order chi connectivity index (χ1) is 14.2. The van der Waals surface area contributed by atoms with Gasteiger partial charge in [-0.1, -0.05) is 91.0 Å². The summed E-state index contributed by atoms with van der Waals surface area (Å²) in [6.45, 7) is 0. The van der Waals surface area contributed by atoms with E-state index in [2.05, 4.69) is 66.7 Å². The lowest BCUT2D eigenvalue weighted by atomic mass is 9.68. The number of hydrogen-bond donors (Lipinski definition) is 2. The smallest absolute Gasteiger partial charge is 0.512 e. The molecule has 4 aromatic rings. The van der Waals surface area contributed by atoms with Crippen LogP contribution in [0.3, 0.4) is 0 Å². The lowest BCUT2D eigenvalue weighted by Gasteiger charge is -2.33. The van der Waals surface area contributed by atoms with Crippen molar-refractivity contribution in [2.75, 3.05) is 0 Å². The standard InChI is InChI=1S/C25H19BO3/c27-26(28)29-20-15-16-24-22(17-20)21-13-7-8-14-23(21)25(24,18-9-3-1-4-10-18)19-11-5-2-6-12-19/h1-17,27-28H. The predicted molar refractivity (Wildman–Crippen MR) is 115 cm³/mol. The summed E-state index contributed by atoms with van der Waals surface area (Å²) in [6, 6.07) is 35.1. The monoisotopic (exact) mass is 378 g/mol. The summed E-state index contributed by atoms with van der Waals surface area (Å²) in [5, 5.41) is 18.5. The summed E-state index contributed by atoms with van der Waals surface area (Å²) in [6.07, 6.45) is 0. The summed E-state index contributed by atoms with van der Waals surface area (Å²) in [5.74, 6) is 0.422. The summed E-state index contributed by atoms with van der Waals surface area (Å²) in [4.78, 5) is 0. The van der Waals surface area contributed by atoms with E-state index < -0.39 is 12.7 Å². The lowest BCUT2D eigenvalue weighted by Crippen LogP contribution is -2.28. The van der Waals surface area contributed by atoms with Gasteiger partial charge in [0.05, 0.1) is 5.41 Å². The quantitative estimate of drug-likeness (QED) is 0.456. The molecule has 4 aromatic carbocycles. The van der Waals surface area contributed by atoms with Gasteiger partial charge >= 0.3 is 7.32 Å². The molecule has 0 heterocycles. The summed E-state index contributed by atoms with van der Waals surface area (Å²) in [7, 11) is -1.85. The van der Waals surface area contributed by atoms with E-state index in [1.165, 1.54) is 16.7 Å². The van der Waals surface area contributed by atoms with Crippen LogP contribution in [0.2, 0.25) is 0 Å². The molecular formula is C25H19BO3. The SMILES string of the molecule is OB(O)Oc1ccc2c(c1)-c1ccccc1C2(c1ccccc1)c1ccccc1. The fourth-order valence-corrected chi connectivity index (χ4v) is 4.62. The van der Waals surface area contributed by atoms with Gasteiger partial charge in [-0.3, -0.25) is 0 Å². The number of benzene rings is 4. The van der Waals surface area contributed by atoms with Crippen molar-refractivity contribution in [1.29, 1.82) is 0 Å². The van der Waals surface area contributed by atoms with Crippen LogP contribution in [0.4, 0.5) is 0 Å². The minimum atomic E-state index is -1.85. The molecule has 140 valence electrons. The summed E-state index contributed by atoms with van der Waals surface area (Å²) >= 11 is 0. The zero-order valence-electron chi connectivity index (χ0n) is 15.7. The van der Waals surface area contributed by atoms with Crippen molar-refractivity contribution in [3.05, 3.63) is 125 Å². The van der Waals surface area contributed by atoms with Crippen LogP contribution in [0.1, 0.15) is 22.3 Å². The predicted octanol–water partition coefficient (Wildman–Crippen LogP) is 4.40. The molecule has 0 bridgehead atoms. The summed E-state index contributed by atoms with van der Waals surface area (Å²) in [5.41, 5.74) is 6.43. The van der Waals surface area contributed by atoms with E-state index in [1.807, 2.05) is 30.3 Å². The largest absolute Gasteiger partial charge is 0.707 e. The Morgan fingerprint density at radius 1 is 0.586 bits per heavy atom. The van der Waals surface area contributed by atoms with Crippen molar-refractivity contribution in [1.82, 2.24) is 0 Å². The second kappa shape index (κ2) is 6.92. The van der Waals surface area contributed by atoms with Gasteiger partial charge in [0.1, 0.15) is 5.75 Å². The minimum Gasteiger partial charge on any atom is -0.512 e. The molecule has 0 saturated heterocycles. The number of rotatable bonds is 4. The molecule has 0 saturated carbocycles. The van der Waals surface area contributed by atoms with Crippen LogP contribution in [0.15, 0.2) is 103 Å².